The third kappa shape index (κ3) is 2.82. The normalized spacial score (nSPS) is 32.5. The molecule has 1 amide bonds. The maximum atomic E-state index is 12.8. The van der Waals surface area contributed by atoms with Crippen LogP contribution in [0.3, 0.4) is 0 Å². The molecule has 2 saturated heterocycles. The summed E-state index contributed by atoms with van der Waals surface area (Å²) in [7, 11) is -3.00. The standard InChI is InChI=1S/C15H22N2O3S/c1-2-8-17(12-3-9-21(19,20)11-12)14(18)13-10-15(13)4-6-16-7-5-15/h1,12-13,16H,3-11H2. The zero-order chi connectivity index (χ0) is 15.1. The number of carbonyl (C=O) groups excluding carboxylic acids is 1. The number of hydrogen-bond donors (Lipinski definition) is 1. The lowest BCUT2D eigenvalue weighted by Gasteiger charge is -2.29. The smallest absolute Gasteiger partial charge is 0.227 e. The van der Waals surface area contributed by atoms with Gasteiger partial charge in [0.2, 0.25) is 5.91 Å². The van der Waals surface area contributed by atoms with E-state index in [0.29, 0.717) is 6.42 Å². The molecule has 0 bridgehead atoms. The summed E-state index contributed by atoms with van der Waals surface area (Å²) in [4.78, 5) is 14.4. The van der Waals surface area contributed by atoms with Gasteiger partial charge in [-0.1, -0.05) is 5.92 Å². The SMILES string of the molecule is C#CCN(C(=O)C1CC12CCNCC2)C1CCS(=O)(=O)C1. The zero-order valence-corrected chi connectivity index (χ0v) is 13.0. The van der Waals surface area contributed by atoms with Crippen molar-refractivity contribution in [2.75, 3.05) is 31.1 Å². The van der Waals surface area contributed by atoms with E-state index in [1.54, 1.807) is 4.90 Å². The van der Waals surface area contributed by atoms with E-state index in [1.165, 1.54) is 0 Å². The maximum Gasteiger partial charge on any atom is 0.227 e. The van der Waals surface area contributed by atoms with Crippen LogP contribution >= 0.6 is 0 Å². The summed E-state index contributed by atoms with van der Waals surface area (Å²) in [5, 5.41) is 3.32. The van der Waals surface area contributed by atoms with E-state index < -0.39 is 9.84 Å². The summed E-state index contributed by atoms with van der Waals surface area (Å²) in [6, 6.07) is -0.224. The van der Waals surface area contributed by atoms with E-state index in [0.717, 1.165) is 32.4 Å². The van der Waals surface area contributed by atoms with E-state index in [9.17, 15) is 13.2 Å². The van der Waals surface area contributed by atoms with Gasteiger partial charge < -0.3 is 10.2 Å². The van der Waals surface area contributed by atoms with E-state index in [2.05, 4.69) is 11.2 Å². The van der Waals surface area contributed by atoms with Crippen molar-refractivity contribution in [1.29, 1.82) is 0 Å². The van der Waals surface area contributed by atoms with Gasteiger partial charge in [0.1, 0.15) is 0 Å². The molecule has 6 heteroatoms. The van der Waals surface area contributed by atoms with E-state index in [-0.39, 0.29) is 41.3 Å². The van der Waals surface area contributed by atoms with Crippen LogP contribution in [0.1, 0.15) is 25.7 Å². The predicted octanol–water partition coefficient (Wildman–Crippen LogP) is 0.0250. The van der Waals surface area contributed by atoms with Crippen molar-refractivity contribution < 1.29 is 13.2 Å². The Balaban J connectivity index is 1.70. The minimum Gasteiger partial charge on any atom is -0.327 e. The summed E-state index contributed by atoms with van der Waals surface area (Å²) in [6.07, 6.45) is 8.93. The molecule has 2 heterocycles. The fourth-order valence-electron chi connectivity index (χ4n) is 3.88. The van der Waals surface area contributed by atoms with Gasteiger partial charge in [-0.2, -0.15) is 0 Å². The largest absolute Gasteiger partial charge is 0.327 e. The summed E-state index contributed by atoms with van der Waals surface area (Å²) < 4.78 is 23.3. The second kappa shape index (κ2) is 5.29. The summed E-state index contributed by atoms with van der Waals surface area (Å²) in [5.74, 6) is 2.90. The first-order chi connectivity index (χ1) is 9.97. The molecule has 1 spiro atoms. The quantitative estimate of drug-likeness (QED) is 0.747. The number of sulfone groups is 1. The first-order valence-corrected chi connectivity index (χ1v) is 9.45. The molecule has 2 unspecified atom stereocenters. The van der Waals surface area contributed by atoms with Crippen LogP contribution in [-0.4, -0.2) is 56.4 Å². The number of rotatable bonds is 3. The molecule has 1 N–H and O–H groups in total. The lowest BCUT2D eigenvalue weighted by atomic mass is 9.91. The second-order valence-electron chi connectivity index (χ2n) is 6.60. The van der Waals surface area contributed by atoms with E-state index in [4.69, 9.17) is 6.42 Å². The Bertz CT molecular complexity index is 572. The van der Waals surface area contributed by atoms with Crippen molar-refractivity contribution in [3.63, 3.8) is 0 Å². The monoisotopic (exact) mass is 310 g/mol. The fourth-order valence-corrected chi connectivity index (χ4v) is 5.61. The van der Waals surface area contributed by atoms with Crippen molar-refractivity contribution in [1.82, 2.24) is 10.2 Å². The Morgan fingerprint density at radius 3 is 2.67 bits per heavy atom. The molecule has 2 aliphatic heterocycles. The molecular formula is C15H22N2O3S. The van der Waals surface area contributed by atoms with Gasteiger partial charge in [0.15, 0.2) is 9.84 Å². The van der Waals surface area contributed by atoms with Crippen LogP contribution in [-0.2, 0) is 14.6 Å². The highest BCUT2D eigenvalue weighted by Crippen LogP contribution is 2.59. The average Bonchev–Trinajstić information content (AvgIpc) is 3.01. The van der Waals surface area contributed by atoms with Gasteiger partial charge in [-0.3, -0.25) is 4.79 Å². The van der Waals surface area contributed by atoms with E-state index in [1.807, 2.05) is 0 Å². The molecule has 116 valence electrons. The number of amides is 1. The fraction of sp³-hybridized carbons (Fsp3) is 0.800. The van der Waals surface area contributed by atoms with Crippen molar-refractivity contribution in [2.24, 2.45) is 11.3 Å². The van der Waals surface area contributed by atoms with Gasteiger partial charge in [0.05, 0.1) is 18.1 Å². The van der Waals surface area contributed by atoms with Crippen LogP contribution in [0.5, 0.6) is 0 Å². The predicted molar refractivity (Wildman–Crippen MR) is 80.2 cm³/mol. The number of nitrogens with zero attached hydrogens (tertiary/aromatic N) is 1. The van der Waals surface area contributed by atoms with Crippen LogP contribution in [0.15, 0.2) is 0 Å². The lowest BCUT2D eigenvalue weighted by molar-refractivity contribution is -0.134. The molecule has 2 atom stereocenters. The van der Waals surface area contributed by atoms with E-state index >= 15 is 0 Å². The molecule has 0 aromatic heterocycles. The van der Waals surface area contributed by atoms with Crippen LogP contribution in [0.25, 0.3) is 0 Å². The molecule has 0 aromatic rings. The topological polar surface area (TPSA) is 66.5 Å². The summed E-state index contributed by atoms with van der Waals surface area (Å²) in [5.41, 5.74) is 0.159. The molecule has 1 saturated carbocycles. The molecule has 5 nitrogen and oxygen atoms in total. The van der Waals surface area contributed by atoms with Crippen LogP contribution in [0, 0.1) is 23.7 Å². The second-order valence-corrected chi connectivity index (χ2v) is 8.82. The van der Waals surface area contributed by atoms with Gasteiger partial charge in [-0.05, 0) is 44.2 Å². The van der Waals surface area contributed by atoms with Crippen molar-refractivity contribution >= 4 is 15.7 Å². The first kappa shape index (κ1) is 14.9. The number of nitrogens with one attached hydrogen (secondary N) is 1. The number of piperidine rings is 1. The minimum absolute atomic E-state index is 0.0521. The Labute approximate surface area is 126 Å². The highest BCUT2D eigenvalue weighted by molar-refractivity contribution is 7.91. The summed E-state index contributed by atoms with van der Waals surface area (Å²) >= 11 is 0. The highest BCUT2D eigenvalue weighted by Gasteiger charge is 2.59. The van der Waals surface area contributed by atoms with Crippen molar-refractivity contribution in [3.8, 4) is 12.3 Å². The van der Waals surface area contributed by atoms with Gasteiger partial charge in [0, 0.05) is 12.0 Å². The average molecular weight is 310 g/mol. The third-order valence-electron chi connectivity index (χ3n) is 5.28. The molecule has 1 aliphatic carbocycles. The Morgan fingerprint density at radius 2 is 2.10 bits per heavy atom. The molecule has 21 heavy (non-hydrogen) atoms. The Hall–Kier alpha value is -1.06. The molecule has 0 radical (unpaired) electrons. The van der Waals surface area contributed by atoms with Crippen molar-refractivity contribution in [2.45, 2.75) is 31.7 Å². The zero-order valence-electron chi connectivity index (χ0n) is 12.2. The van der Waals surface area contributed by atoms with Gasteiger partial charge in [0.25, 0.3) is 0 Å². The van der Waals surface area contributed by atoms with Gasteiger partial charge >= 0.3 is 0 Å². The van der Waals surface area contributed by atoms with Crippen LogP contribution < -0.4 is 5.32 Å². The number of hydrogen-bond acceptors (Lipinski definition) is 4. The Kier molecular flexibility index (Phi) is 3.74. The highest BCUT2D eigenvalue weighted by atomic mass is 32.2. The minimum atomic E-state index is -3.00. The molecule has 3 rings (SSSR count). The van der Waals surface area contributed by atoms with Crippen molar-refractivity contribution in [3.05, 3.63) is 0 Å². The Morgan fingerprint density at radius 1 is 1.38 bits per heavy atom. The molecular weight excluding hydrogens is 288 g/mol. The lowest BCUT2D eigenvalue weighted by Crippen LogP contribution is -2.43. The summed E-state index contributed by atoms with van der Waals surface area (Å²) in [6.45, 7) is 2.16. The molecule has 3 aliphatic rings. The van der Waals surface area contributed by atoms with Crippen LogP contribution in [0.4, 0.5) is 0 Å². The number of terminal acetylenes is 1. The van der Waals surface area contributed by atoms with Crippen LogP contribution in [0.2, 0.25) is 0 Å². The third-order valence-corrected chi connectivity index (χ3v) is 7.03. The number of carbonyl (C=O) groups is 1. The molecule has 3 fully saturated rings. The maximum absolute atomic E-state index is 12.8. The first-order valence-electron chi connectivity index (χ1n) is 7.62. The molecule has 0 aromatic carbocycles. The van der Waals surface area contributed by atoms with Gasteiger partial charge in [-0.25, -0.2) is 8.42 Å². The van der Waals surface area contributed by atoms with Gasteiger partial charge in [-0.15, -0.1) is 6.42 Å².